The molecule has 3 rings (SSSR count). The summed E-state index contributed by atoms with van der Waals surface area (Å²) in [6, 6.07) is 16.7. The van der Waals surface area contributed by atoms with Crippen molar-refractivity contribution in [2.75, 3.05) is 0 Å². The van der Waals surface area contributed by atoms with Crippen LogP contribution in [-0.4, -0.2) is 16.0 Å². The van der Waals surface area contributed by atoms with Gasteiger partial charge in [0.15, 0.2) is 0 Å². The maximum atomic E-state index is 4.66. The lowest BCUT2D eigenvalue weighted by molar-refractivity contribution is 0.773. The van der Waals surface area contributed by atoms with Crippen molar-refractivity contribution in [2.45, 2.75) is 20.8 Å². The van der Waals surface area contributed by atoms with Crippen molar-refractivity contribution in [2.24, 2.45) is 12.0 Å². The second-order valence-corrected chi connectivity index (χ2v) is 5.95. The fourth-order valence-corrected chi connectivity index (χ4v) is 2.94. The van der Waals surface area contributed by atoms with Gasteiger partial charge in [-0.15, -0.1) is 0 Å². The van der Waals surface area contributed by atoms with Crippen molar-refractivity contribution in [3.05, 3.63) is 70.9 Å². The molecule has 0 unspecified atom stereocenters. The van der Waals surface area contributed by atoms with Gasteiger partial charge in [-0.1, -0.05) is 48.0 Å². The number of aliphatic imine (C=N–C) groups is 1. The first-order valence-electron chi connectivity index (χ1n) is 7.76. The highest BCUT2D eigenvalue weighted by molar-refractivity contribution is 5.82. The van der Waals surface area contributed by atoms with Crippen molar-refractivity contribution < 1.29 is 0 Å². The summed E-state index contributed by atoms with van der Waals surface area (Å²) in [5.74, 6) is 0. The fraction of sp³-hybridized carbons (Fsp3) is 0.200. The van der Waals surface area contributed by atoms with Crippen LogP contribution in [0.3, 0.4) is 0 Å². The zero-order valence-electron chi connectivity index (χ0n) is 14.0. The van der Waals surface area contributed by atoms with E-state index in [2.05, 4.69) is 61.2 Å². The minimum Gasteiger partial charge on any atom is -0.267 e. The number of benzene rings is 2. The summed E-state index contributed by atoms with van der Waals surface area (Å²) >= 11 is 0. The summed E-state index contributed by atoms with van der Waals surface area (Å²) in [5, 5.41) is 4.55. The first kappa shape index (κ1) is 15.2. The molecule has 1 heterocycles. The van der Waals surface area contributed by atoms with Crippen LogP contribution in [0.1, 0.15) is 22.4 Å². The SMILES string of the molecule is Cc1cc(C)c(N=Cc2cc(-c3ccccc3)n(C)n2)c(C)c1. The Morgan fingerprint density at radius 2 is 1.61 bits per heavy atom. The Morgan fingerprint density at radius 1 is 0.957 bits per heavy atom. The minimum atomic E-state index is 0.866. The summed E-state index contributed by atoms with van der Waals surface area (Å²) in [6.07, 6.45) is 1.84. The molecule has 0 N–H and O–H groups in total. The predicted octanol–water partition coefficient (Wildman–Crippen LogP) is 4.76. The van der Waals surface area contributed by atoms with Crippen LogP contribution in [0.4, 0.5) is 5.69 Å². The lowest BCUT2D eigenvalue weighted by Gasteiger charge is -2.05. The lowest BCUT2D eigenvalue weighted by Crippen LogP contribution is -1.94. The molecule has 2 aromatic carbocycles. The number of aromatic nitrogens is 2. The zero-order valence-corrected chi connectivity index (χ0v) is 14.0. The van der Waals surface area contributed by atoms with E-state index in [0.717, 1.165) is 22.6 Å². The van der Waals surface area contributed by atoms with Crippen LogP contribution >= 0.6 is 0 Å². The first-order valence-corrected chi connectivity index (χ1v) is 7.76. The molecule has 3 nitrogen and oxygen atoms in total. The third kappa shape index (κ3) is 3.24. The molecule has 116 valence electrons. The standard InChI is InChI=1S/C20H21N3/c1-14-10-15(2)20(16(3)11-14)21-13-18-12-19(23(4)22-18)17-8-6-5-7-9-17/h5-13H,1-4H3. The zero-order chi connectivity index (χ0) is 16.4. The molecule has 0 radical (unpaired) electrons. The second-order valence-electron chi connectivity index (χ2n) is 5.95. The monoisotopic (exact) mass is 303 g/mol. The van der Waals surface area contributed by atoms with Crippen molar-refractivity contribution in [3.8, 4) is 11.3 Å². The van der Waals surface area contributed by atoms with Crippen LogP contribution in [0, 0.1) is 20.8 Å². The van der Waals surface area contributed by atoms with Gasteiger partial charge in [0, 0.05) is 7.05 Å². The van der Waals surface area contributed by atoms with Gasteiger partial charge in [-0.3, -0.25) is 9.67 Å². The molecule has 0 aliphatic carbocycles. The van der Waals surface area contributed by atoms with Gasteiger partial charge in [0.2, 0.25) is 0 Å². The van der Waals surface area contributed by atoms with Crippen LogP contribution in [-0.2, 0) is 7.05 Å². The van der Waals surface area contributed by atoms with E-state index in [9.17, 15) is 0 Å². The molecular weight excluding hydrogens is 282 g/mol. The van der Waals surface area contributed by atoms with E-state index in [0.29, 0.717) is 0 Å². The highest BCUT2D eigenvalue weighted by atomic mass is 15.3. The molecule has 23 heavy (non-hydrogen) atoms. The summed E-state index contributed by atoms with van der Waals surface area (Å²) < 4.78 is 1.89. The van der Waals surface area contributed by atoms with E-state index in [1.54, 1.807) is 0 Å². The number of rotatable bonds is 3. The number of aryl methyl sites for hydroxylation is 4. The van der Waals surface area contributed by atoms with E-state index in [1.807, 2.05) is 36.1 Å². The highest BCUT2D eigenvalue weighted by Gasteiger charge is 2.06. The van der Waals surface area contributed by atoms with E-state index in [4.69, 9.17) is 0 Å². The summed E-state index contributed by atoms with van der Waals surface area (Å²) in [6.45, 7) is 6.30. The third-order valence-electron chi connectivity index (χ3n) is 3.93. The van der Waals surface area contributed by atoms with Gasteiger partial charge < -0.3 is 0 Å². The molecule has 0 saturated carbocycles. The Balaban J connectivity index is 1.93. The molecule has 0 bridgehead atoms. The van der Waals surface area contributed by atoms with Crippen LogP contribution < -0.4 is 0 Å². The maximum Gasteiger partial charge on any atom is 0.104 e. The molecule has 0 amide bonds. The van der Waals surface area contributed by atoms with Crippen LogP contribution in [0.5, 0.6) is 0 Å². The first-order chi connectivity index (χ1) is 11.0. The Bertz CT molecular complexity index is 835. The van der Waals surface area contributed by atoms with Gasteiger partial charge in [-0.25, -0.2) is 0 Å². The normalized spacial score (nSPS) is 11.3. The molecule has 0 saturated heterocycles. The van der Waals surface area contributed by atoms with Gasteiger partial charge in [-0.2, -0.15) is 5.10 Å². The lowest BCUT2D eigenvalue weighted by atomic mass is 10.1. The van der Waals surface area contributed by atoms with Crippen LogP contribution in [0.25, 0.3) is 11.3 Å². The summed E-state index contributed by atoms with van der Waals surface area (Å²) in [4.78, 5) is 4.66. The summed E-state index contributed by atoms with van der Waals surface area (Å²) in [7, 11) is 1.96. The third-order valence-corrected chi connectivity index (χ3v) is 3.93. The molecule has 0 aliphatic rings. The molecule has 0 fully saturated rings. The van der Waals surface area contributed by atoms with Crippen LogP contribution in [0.15, 0.2) is 53.5 Å². The van der Waals surface area contributed by atoms with Crippen LogP contribution in [0.2, 0.25) is 0 Å². The van der Waals surface area contributed by atoms with Crippen molar-refractivity contribution in [1.82, 2.24) is 9.78 Å². The Morgan fingerprint density at radius 3 is 2.26 bits per heavy atom. The Hall–Kier alpha value is -2.68. The molecule has 0 spiro atoms. The van der Waals surface area contributed by atoms with Crippen molar-refractivity contribution >= 4 is 11.9 Å². The largest absolute Gasteiger partial charge is 0.267 e. The predicted molar refractivity (Wildman–Crippen MR) is 96.6 cm³/mol. The van der Waals surface area contributed by atoms with Crippen molar-refractivity contribution in [1.29, 1.82) is 0 Å². The van der Waals surface area contributed by atoms with Gasteiger partial charge in [0.1, 0.15) is 5.69 Å². The fourth-order valence-electron chi connectivity index (χ4n) is 2.94. The Labute approximate surface area is 137 Å². The van der Waals surface area contributed by atoms with Gasteiger partial charge in [-0.05, 0) is 43.5 Å². The van der Waals surface area contributed by atoms with Gasteiger partial charge in [0.05, 0.1) is 17.6 Å². The summed E-state index contributed by atoms with van der Waals surface area (Å²) in [5.41, 5.74) is 7.79. The van der Waals surface area contributed by atoms with Gasteiger partial charge >= 0.3 is 0 Å². The van der Waals surface area contributed by atoms with E-state index >= 15 is 0 Å². The molecule has 0 atom stereocenters. The number of hydrogen-bond acceptors (Lipinski definition) is 2. The molecule has 3 heteroatoms. The van der Waals surface area contributed by atoms with Gasteiger partial charge in [0.25, 0.3) is 0 Å². The van der Waals surface area contributed by atoms with E-state index in [-0.39, 0.29) is 0 Å². The smallest absolute Gasteiger partial charge is 0.104 e. The second kappa shape index (κ2) is 6.21. The molecular formula is C20H21N3. The number of hydrogen-bond donors (Lipinski definition) is 0. The highest BCUT2D eigenvalue weighted by Crippen LogP contribution is 2.25. The molecule has 3 aromatic rings. The Kier molecular flexibility index (Phi) is 4.11. The van der Waals surface area contributed by atoms with E-state index < -0.39 is 0 Å². The van der Waals surface area contributed by atoms with Crippen molar-refractivity contribution in [3.63, 3.8) is 0 Å². The number of nitrogens with zero attached hydrogens (tertiary/aromatic N) is 3. The maximum absolute atomic E-state index is 4.66. The quantitative estimate of drug-likeness (QED) is 0.641. The average Bonchev–Trinajstić information content (AvgIpc) is 2.88. The minimum absolute atomic E-state index is 0.866. The molecule has 1 aromatic heterocycles. The average molecular weight is 303 g/mol. The topological polar surface area (TPSA) is 30.2 Å². The van der Waals surface area contributed by atoms with E-state index in [1.165, 1.54) is 16.7 Å². The molecule has 0 aliphatic heterocycles.